The Labute approximate surface area is 150 Å². The molecule has 3 heterocycles. The van der Waals surface area contributed by atoms with Gasteiger partial charge in [-0.05, 0) is 62.5 Å². The van der Waals surface area contributed by atoms with Crippen LogP contribution in [0.15, 0.2) is 35.9 Å². The molecule has 1 aromatic carbocycles. The number of hydrogen-bond acceptors (Lipinski definition) is 3. The summed E-state index contributed by atoms with van der Waals surface area (Å²) in [4.78, 5) is 0. The predicted molar refractivity (Wildman–Crippen MR) is 97.4 cm³/mol. The van der Waals surface area contributed by atoms with Gasteiger partial charge < -0.3 is 14.2 Å². The highest BCUT2D eigenvalue weighted by molar-refractivity contribution is 5.58. The van der Waals surface area contributed by atoms with Crippen molar-refractivity contribution in [2.75, 3.05) is 19.8 Å². The molecule has 5 rings (SSSR count). The largest absolute Gasteiger partial charge is 0.372 e. The summed E-state index contributed by atoms with van der Waals surface area (Å²) in [6.45, 7) is 2.56. The number of fused-ring (bicyclic) bond motifs is 2. The molecule has 134 valence electrons. The van der Waals surface area contributed by atoms with Gasteiger partial charge in [0.1, 0.15) is 16.8 Å². The third-order valence-electron chi connectivity index (χ3n) is 6.99. The first kappa shape index (κ1) is 16.0. The van der Waals surface area contributed by atoms with Crippen LogP contribution in [-0.2, 0) is 14.2 Å². The zero-order valence-corrected chi connectivity index (χ0v) is 15.0. The van der Waals surface area contributed by atoms with E-state index in [9.17, 15) is 0 Å². The number of benzene rings is 1. The van der Waals surface area contributed by atoms with Crippen LogP contribution in [0.5, 0.6) is 0 Å². The molecule has 3 atom stereocenters. The molecule has 0 radical (unpaired) electrons. The van der Waals surface area contributed by atoms with E-state index < -0.39 is 0 Å². The Morgan fingerprint density at radius 2 is 1.52 bits per heavy atom. The summed E-state index contributed by atoms with van der Waals surface area (Å²) in [7, 11) is 0. The van der Waals surface area contributed by atoms with Crippen molar-refractivity contribution in [2.45, 2.75) is 68.2 Å². The van der Waals surface area contributed by atoms with Crippen LogP contribution in [0.25, 0.3) is 6.08 Å². The molecule has 3 spiro atoms. The van der Waals surface area contributed by atoms with Gasteiger partial charge in [-0.3, -0.25) is 0 Å². The van der Waals surface area contributed by atoms with E-state index >= 15 is 0 Å². The van der Waals surface area contributed by atoms with Gasteiger partial charge in [-0.25, -0.2) is 0 Å². The summed E-state index contributed by atoms with van der Waals surface area (Å²) in [5.74, 6) is 0. The monoisotopic (exact) mass is 340 g/mol. The van der Waals surface area contributed by atoms with Crippen LogP contribution in [0.4, 0.5) is 0 Å². The Morgan fingerprint density at radius 3 is 2.20 bits per heavy atom. The molecule has 25 heavy (non-hydrogen) atoms. The Hall–Kier alpha value is -1.16. The van der Waals surface area contributed by atoms with Crippen LogP contribution in [-0.4, -0.2) is 36.6 Å². The Kier molecular flexibility index (Phi) is 3.81. The first-order valence-corrected chi connectivity index (χ1v) is 9.98. The molecule has 1 aliphatic carbocycles. The van der Waals surface area contributed by atoms with Crippen LogP contribution in [0.2, 0.25) is 0 Å². The van der Waals surface area contributed by atoms with E-state index in [1.54, 1.807) is 0 Å². The van der Waals surface area contributed by atoms with E-state index in [0.717, 1.165) is 71.2 Å². The van der Waals surface area contributed by atoms with Crippen LogP contribution >= 0.6 is 0 Å². The van der Waals surface area contributed by atoms with Crippen molar-refractivity contribution in [2.24, 2.45) is 0 Å². The maximum atomic E-state index is 6.63. The van der Waals surface area contributed by atoms with Gasteiger partial charge in [0.05, 0.1) is 0 Å². The standard InChI is InChI=1S/C22H28O3/c1-2-7-18(8-3-1)17-19-9-13-20(10-4-14-23-20)22(12-6-16-25-22)21(19)11-5-15-24-21/h1-3,7-8,17H,4-6,9-16H2/b19-17+/t20-,21+,22-/m0/s1. The van der Waals surface area contributed by atoms with Crippen LogP contribution in [0.3, 0.4) is 0 Å². The summed E-state index contributed by atoms with van der Waals surface area (Å²) >= 11 is 0. The minimum atomic E-state index is -0.290. The van der Waals surface area contributed by atoms with Crippen molar-refractivity contribution in [3.05, 3.63) is 41.5 Å². The van der Waals surface area contributed by atoms with Crippen molar-refractivity contribution in [1.82, 2.24) is 0 Å². The maximum absolute atomic E-state index is 6.63. The van der Waals surface area contributed by atoms with Crippen LogP contribution in [0, 0.1) is 0 Å². The summed E-state index contributed by atoms with van der Waals surface area (Å²) in [5.41, 5.74) is 1.98. The van der Waals surface area contributed by atoms with Crippen molar-refractivity contribution in [1.29, 1.82) is 0 Å². The highest BCUT2D eigenvalue weighted by Crippen LogP contribution is 2.62. The molecule has 1 saturated carbocycles. The molecule has 0 aromatic heterocycles. The topological polar surface area (TPSA) is 27.7 Å². The fraction of sp³-hybridized carbons (Fsp3) is 0.636. The smallest absolute Gasteiger partial charge is 0.130 e. The highest BCUT2D eigenvalue weighted by atomic mass is 16.6. The van der Waals surface area contributed by atoms with Gasteiger partial charge >= 0.3 is 0 Å². The van der Waals surface area contributed by atoms with Crippen LogP contribution in [0.1, 0.15) is 56.9 Å². The minimum Gasteiger partial charge on any atom is -0.372 e. The molecule has 3 aliphatic heterocycles. The molecule has 3 nitrogen and oxygen atoms in total. The van der Waals surface area contributed by atoms with Crippen molar-refractivity contribution >= 4 is 6.08 Å². The van der Waals surface area contributed by atoms with Gasteiger partial charge in [0.15, 0.2) is 0 Å². The van der Waals surface area contributed by atoms with Crippen molar-refractivity contribution < 1.29 is 14.2 Å². The molecule has 0 bridgehead atoms. The summed E-state index contributed by atoms with van der Waals surface area (Å²) in [5, 5.41) is 0. The molecule has 0 unspecified atom stereocenters. The lowest BCUT2D eigenvalue weighted by atomic mass is 9.57. The molecule has 0 N–H and O–H groups in total. The van der Waals surface area contributed by atoms with Crippen LogP contribution < -0.4 is 0 Å². The van der Waals surface area contributed by atoms with Crippen molar-refractivity contribution in [3.63, 3.8) is 0 Å². The number of hydrogen-bond donors (Lipinski definition) is 0. The number of ether oxygens (including phenoxy) is 3. The first-order valence-electron chi connectivity index (χ1n) is 9.98. The average molecular weight is 340 g/mol. The molecule has 0 amide bonds. The Morgan fingerprint density at radius 1 is 0.760 bits per heavy atom. The molecule has 1 aromatic rings. The van der Waals surface area contributed by atoms with Gasteiger partial charge in [-0.15, -0.1) is 0 Å². The highest BCUT2D eigenvalue weighted by Gasteiger charge is 2.71. The lowest BCUT2D eigenvalue weighted by Gasteiger charge is -2.58. The molecule has 4 fully saturated rings. The Balaban J connectivity index is 1.64. The summed E-state index contributed by atoms with van der Waals surface area (Å²) in [6.07, 6.45) is 11.1. The maximum Gasteiger partial charge on any atom is 0.130 e. The second-order valence-corrected chi connectivity index (χ2v) is 8.08. The lowest BCUT2D eigenvalue weighted by Crippen LogP contribution is -2.70. The Bertz CT molecular complexity index is 645. The normalized spacial score (nSPS) is 42.3. The predicted octanol–water partition coefficient (Wildman–Crippen LogP) is 4.51. The molecule has 3 heteroatoms. The van der Waals surface area contributed by atoms with Gasteiger partial charge in [0.2, 0.25) is 0 Å². The fourth-order valence-corrected chi connectivity index (χ4v) is 6.05. The van der Waals surface area contributed by atoms with E-state index in [4.69, 9.17) is 14.2 Å². The SMILES string of the molecule is C(=C1/CC[C@@]2(CCCO2)[C@@]2(CCCO2)[C@@]12CCCO2)/c1ccccc1. The van der Waals surface area contributed by atoms with Gasteiger partial charge in [-0.1, -0.05) is 36.4 Å². The summed E-state index contributed by atoms with van der Waals surface area (Å²) in [6, 6.07) is 10.7. The van der Waals surface area contributed by atoms with Gasteiger partial charge in [-0.2, -0.15) is 0 Å². The van der Waals surface area contributed by atoms with E-state index in [-0.39, 0.29) is 16.8 Å². The van der Waals surface area contributed by atoms with E-state index in [1.165, 1.54) is 11.1 Å². The first-order chi connectivity index (χ1) is 12.3. The minimum absolute atomic E-state index is 0.137. The quantitative estimate of drug-likeness (QED) is 0.753. The zero-order valence-electron chi connectivity index (χ0n) is 15.0. The van der Waals surface area contributed by atoms with Gasteiger partial charge in [0.25, 0.3) is 0 Å². The van der Waals surface area contributed by atoms with E-state index in [2.05, 4.69) is 36.4 Å². The van der Waals surface area contributed by atoms with E-state index in [0.29, 0.717) is 0 Å². The molecular weight excluding hydrogens is 312 g/mol. The second kappa shape index (κ2) is 5.94. The number of rotatable bonds is 1. The van der Waals surface area contributed by atoms with Crippen molar-refractivity contribution in [3.8, 4) is 0 Å². The van der Waals surface area contributed by atoms with Gasteiger partial charge in [0, 0.05) is 19.8 Å². The van der Waals surface area contributed by atoms with E-state index in [1.807, 2.05) is 0 Å². The lowest BCUT2D eigenvalue weighted by molar-refractivity contribution is -0.257. The summed E-state index contributed by atoms with van der Waals surface area (Å²) < 4.78 is 19.7. The molecular formula is C22H28O3. The zero-order chi connectivity index (χ0) is 16.8. The third kappa shape index (κ3) is 2.16. The third-order valence-corrected chi connectivity index (χ3v) is 6.99. The average Bonchev–Trinajstić information content (AvgIpc) is 3.39. The molecule has 4 aliphatic rings. The molecule has 3 saturated heterocycles. The second-order valence-electron chi connectivity index (χ2n) is 8.08. The fourth-order valence-electron chi connectivity index (χ4n) is 6.05.